The second-order valence-electron chi connectivity index (χ2n) is 7.34. The van der Waals surface area contributed by atoms with Crippen molar-refractivity contribution in [3.05, 3.63) is 41.7 Å². The van der Waals surface area contributed by atoms with Crippen LogP contribution >= 0.6 is 0 Å². The van der Waals surface area contributed by atoms with Crippen molar-refractivity contribution in [3.63, 3.8) is 0 Å². The first kappa shape index (κ1) is 23.1. The second-order valence-corrected chi connectivity index (χ2v) is 9.19. The third-order valence-electron chi connectivity index (χ3n) is 4.86. The summed E-state index contributed by atoms with van der Waals surface area (Å²) < 4.78 is 70.8. The maximum absolute atomic E-state index is 13.8. The molecule has 170 valence electrons. The summed E-state index contributed by atoms with van der Waals surface area (Å²) in [5, 5.41) is 2.14. The number of carbonyl (C=O) groups is 2. The van der Waals surface area contributed by atoms with E-state index in [-0.39, 0.29) is 36.9 Å². The summed E-state index contributed by atoms with van der Waals surface area (Å²) in [5.41, 5.74) is -0.463. The molecule has 0 aromatic heterocycles. The Bertz CT molecular complexity index is 980. The number of alkyl halides is 2. The van der Waals surface area contributed by atoms with Crippen molar-refractivity contribution in [3.8, 4) is 5.75 Å². The Morgan fingerprint density at radius 3 is 2.61 bits per heavy atom. The Morgan fingerprint density at radius 1 is 1.26 bits per heavy atom. The van der Waals surface area contributed by atoms with Crippen molar-refractivity contribution in [2.24, 2.45) is 0 Å². The minimum Gasteiger partial charge on any atom is -0.485 e. The molecule has 2 N–H and O–H groups in total. The smallest absolute Gasteiger partial charge is 0.324 e. The lowest BCUT2D eigenvalue weighted by Crippen LogP contribution is -2.36. The number of hydrogen-bond donors (Lipinski definition) is 2. The molecule has 8 nitrogen and oxygen atoms in total. The minimum atomic E-state index is -3.70. The van der Waals surface area contributed by atoms with E-state index in [2.05, 4.69) is 10.0 Å². The van der Waals surface area contributed by atoms with Crippen LogP contribution in [0.25, 0.3) is 0 Å². The van der Waals surface area contributed by atoms with Gasteiger partial charge >= 0.3 is 6.03 Å². The lowest BCUT2D eigenvalue weighted by molar-refractivity contribution is -0.118. The molecule has 0 unspecified atom stereocenters. The van der Waals surface area contributed by atoms with Crippen LogP contribution in [-0.2, 0) is 20.4 Å². The molecule has 2 aliphatic rings. The van der Waals surface area contributed by atoms with E-state index in [1.807, 2.05) is 0 Å². The maximum Gasteiger partial charge on any atom is 0.324 e. The second kappa shape index (κ2) is 9.27. The lowest BCUT2D eigenvalue weighted by Gasteiger charge is -2.19. The average molecular weight is 461 g/mol. The Balaban J connectivity index is 1.54. The van der Waals surface area contributed by atoms with E-state index in [1.54, 1.807) is 12.2 Å². The normalized spacial score (nSPS) is 18.1. The molecule has 1 heterocycles. The number of nitrogens with one attached hydrogen (secondary N) is 2. The number of sulfonamides is 1. The largest absolute Gasteiger partial charge is 0.485 e. The lowest BCUT2D eigenvalue weighted by atomic mass is 10.1. The van der Waals surface area contributed by atoms with Crippen molar-refractivity contribution < 1.29 is 35.9 Å². The van der Waals surface area contributed by atoms with E-state index < -0.39 is 40.4 Å². The topological polar surface area (TPSA) is 105 Å². The number of ether oxygens (including phenoxy) is 1. The zero-order valence-electron chi connectivity index (χ0n) is 16.4. The zero-order valence-corrected chi connectivity index (χ0v) is 17.3. The first-order valence-electron chi connectivity index (χ1n) is 9.57. The van der Waals surface area contributed by atoms with Crippen LogP contribution in [0.4, 0.5) is 18.0 Å². The summed E-state index contributed by atoms with van der Waals surface area (Å²) in [7, 11) is -3.70. The van der Waals surface area contributed by atoms with Crippen LogP contribution in [0.3, 0.4) is 0 Å². The summed E-state index contributed by atoms with van der Waals surface area (Å²) in [6, 6.07) is 3.22. The number of carbonyl (C=O) groups excluding carboxylic acids is 2. The number of imide groups is 1. The van der Waals surface area contributed by atoms with Gasteiger partial charge in [0.1, 0.15) is 13.2 Å². The first-order chi connectivity index (χ1) is 14.6. The van der Waals surface area contributed by atoms with Crippen molar-refractivity contribution in [1.82, 2.24) is 14.9 Å². The number of amides is 3. The highest BCUT2D eigenvalue weighted by Crippen LogP contribution is 2.47. The van der Waals surface area contributed by atoms with Crippen molar-refractivity contribution >= 4 is 22.0 Å². The molecule has 1 aromatic carbocycles. The molecule has 1 saturated heterocycles. The molecule has 31 heavy (non-hydrogen) atoms. The van der Waals surface area contributed by atoms with E-state index in [0.717, 1.165) is 6.07 Å². The maximum atomic E-state index is 13.8. The number of rotatable bonds is 11. The molecule has 2 fully saturated rings. The van der Waals surface area contributed by atoms with Crippen molar-refractivity contribution in [2.45, 2.75) is 31.2 Å². The van der Waals surface area contributed by atoms with Crippen LogP contribution in [0.15, 0.2) is 30.4 Å². The summed E-state index contributed by atoms with van der Waals surface area (Å²) in [4.78, 5) is 23.8. The van der Waals surface area contributed by atoms with Gasteiger partial charge in [-0.2, -0.15) is 0 Å². The molecule has 0 radical (unpaired) electrons. The van der Waals surface area contributed by atoms with E-state index in [9.17, 15) is 31.2 Å². The summed E-state index contributed by atoms with van der Waals surface area (Å²) >= 11 is 0. The molecule has 3 rings (SSSR count). The Morgan fingerprint density at radius 2 is 2.00 bits per heavy atom. The van der Waals surface area contributed by atoms with Crippen molar-refractivity contribution in [1.29, 1.82) is 0 Å². The predicted octanol–water partition coefficient (Wildman–Crippen LogP) is 1.88. The standard InChI is InChI=1S/C19H22F3N3O5S/c20-14-5-4-13(10-15(14)30-12-16(21)22)19(6-7-19)24-31(28,29)9-3-1-2-8-25-11-17(26)23-18(25)27/h1-2,4-5,10,16,24H,3,6-9,11-12H2,(H,23,26,27)/b2-1+. The van der Waals surface area contributed by atoms with Crippen LogP contribution in [0.2, 0.25) is 0 Å². The van der Waals surface area contributed by atoms with Crippen LogP contribution in [0, 0.1) is 5.82 Å². The molecule has 0 spiro atoms. The number of hydrogen-bond acceptors (Lipinski definition) is 5. The number of nitrogens with zero attached hydrogens (tertiary/aromatic N) is 1. The molecule has 12 heteroatoms. The molecule has 3 amide bonds. The van der Waals surface area contributed by atoms with Crippen LogP contribution in [-0.4, -0.2) is 57.1 Å². The number of allylic oxidation sites excluding steroid dienone is 1. The van der Waals surface area contributed by atoms with Gasteiger partial charge in [0.15, 0.2) is 11.6 Å². The quantitative estimate of drug-likeness (QED) is 0.387. The number of benzene rings is 1. The Hall–Kier alpha value is -2.60. The monoisotopic (exact) mass is 461 g/mol. The third-order valence-corrected chi connectivity index (χ3v) is 6.34. The highest BCUT2D eigenvalue weighted by Gasteiger charge is 2.47. The molecule has 1 aliphatic heterocycles. The fourth-order valence-electron chi connectivity index (χ4n) is 3.16. The molecule has 1 aliphatic carbocycles. The Labute approximate surface area is 177 Å². The number of urea groups is 1. The summed E-state index contributed by atoms with van der Waals surface area (Å²) in [6.07, 6.45) is 1.60. The van der Waals surface area contributed by atoms with Gasteiger partial charge in [0.05, 0.1) is 11.3 Å². The van der Waals surface area contributed by atoms with Gasteiger partial charge in [-0.3, -0.25) is 10.1 Å². The van der Waals surface area contributed by atoms with Gasteiger partial charge in [0.2, 0.25) is 15.9 Å². The minimum absolute atomic E-state index is 0.0355. The van der Waals surface area contributed by atoms with Gasteiger partial charge in [0, 0.05) is 6.54 Å². The molecule has 1 aromatic rings. The van der Waals surface area contributed by atoms with E-state index in [1.165, 1.54) is 17.0 Å². The fourth-order valence-corrected chi connectivity index (χ4v) is 4.63. The molecular weight excluding hydrogens is 439 g/mol. The van der Waals surface area contributed by atoms with Gasteiger partial charge in [-0.15, -0.1) is 0 Å². The van der Waals surface area contributed by atoms with Gasteiger partial charge in [-0.1, -0.05) is 18.2 Å². The van der Waals surface area contributed by atoms with Crippen LogP contribution < -0.4 is 14.8 Å². The van der Waals surface area contributed by atoms with E-state index in [0.29, 0.717) is 18.4 Å². The Kier molecular flexibility index (Phi) is 6.90. The molecule has 1 saturated carbocycles. The first-order valence-corrected chi connectivity index (χ1v) is 11.2. The molecule has 0 atom stereocenters. The van der Waals surface area contributed by atoms with E-state index in [4.69, 9.17) is 4.74 Å². The predicted molar refractivity (Wildman–Crippen MR) is 105 cm³/mol. The number of halogens is 3. The van der Waals surface area contributed by atoms with E-state index >= 15 is 0 Å². The SMILES string of the molecule is O=C1CN(C/C=C/CCS(=O)(=O)NC2(c3ccc(F)c(OCC(F)F)c3)CC2)C(=O)N1. The fraction of sp³-hybridized carbons (Fsp3) is 0.474. The third kappa shape index (κ3) is 6.20. The highest BCUT2D eigenvalue weighted by molar-refractivity contribution is 7.89. The average Bonchev–Trinajstić information content (AvgIpc) is 3.37. The summed E-state index contributed by atoms with van der Waals surface area (Å²) in [5.74, 6) is -1.76. The zero-order chi connectivity index (χ0) is 22.6. The van der Waals surface area contributed by atoms with Crippen LogP contribution in [0.1, 0.15) is 24.8 Å². The van der Waals surface area contributed by atoms with Gasteiger partial charge < -0.3 is 9.64 Å². The van der Waals surface area contributed by atoms with Gasteiger partial charge in [0.25, 0.3) is 6.43 Å². The molecular formula is C19H22F3N3O5S. The molecule has 0 bridgehead atoms. The van der Waals surface area contributed by atoms with Gasteiger partial charge in [-0.05, 0) is 37.0 Å². The van der Waals surface area contributed by atoms with Crippen molar-refractivity contribution in [2.75, 3.05) is 25.4 Å². The highest BCUT2D eigenvalue weighted by atomic mass is 32.2. The van der Waals surface area contributed by atoms with Crippen LogP contribution in [0.5, 0.6) is 5.75 Å². The summed E-state index contributed by atoms with van der Waals surface area (Å²) in [6.45, 7) is -0.809. The van der Waals surface area contributed by atoms with Gasteiger partial charge in [-0.25, -0.2) is 31.1 Å².